The molecule has 1 aromatic carbocycles. The van der Waals surface area contributed by atoms with Gasteiger partial charge in [-0.2, -0.15) is 13.2 Å². The topological polar surface area (TPSA) is 72.2 Å². The van der Waals surface area contributed by atoms with Gasteiger partial charge in [-0.1, -0.05) is 0 Å². The smallest absolute Gasteiger partial charge is 0.366 e. The zero-order valence-corrected chi connectivity index (χ0v) is 7.84. The minimum absolute atomic E-state index is 0.114. The van der Waals surface area contributed by atoms with Crippen LogP contribution in [0.2, 0.25) is 0 Å². The fourth-order valence-corrected chi connectivity index (χ4v) is 0.987. The lowest BCUT2D eigenvalue weighted by atomic mass is 10.1. The molecule has 0 unspecified atom stereocenters. The highest BCUT2D eigenvalue weighted by atomic mass is 19.4. The van der Waals surface area contributed by atoms with E-state index in [0.29, 0.717) is 0 Å². The van der Waals surface area contributed by atoms with Crippen LogP contribution in [0.25, 0.3) is 0 Å². The molecule has 0 atom stereocenters. The normalized spacial score (nSPS) is 10.9. The van der Waals surface area contributed by atoms with Crippen molar-refractivity contribution in [3.63, 3.8) is 0 Å². The molecule has 0 heterocycles. The van der Waals surface area contributed by atoms with Crippen LogP contribution >= 0.6 is 0 Å². The monoisotopic (exact) mass is 232 g/mol. The molecule has 0 saturated heterocycles. The number of primary amides is 1. The predicted octanol–water partition coefficient (Wildman–Crippen LogP) is 1.04. The van der Waals surface area contributed by atoms with Gasteiger partial charge in [-0.3, -0.25) is 14.9 Å². The van der Waals surface area contributed by atoms with Crippen LogP contribution in [0.3, 0.4) is 0 Å². The minimum Gasteiger partial charge on any atom is -0.366 e. The molecule has 0 saturated carbocycles. The van der Waals surface area contributed by atoms with Crippen LogP contribution in [0.5, 0.6) is 0 Å². The molecule has 2 amide bonds. The van der Waals surface area contributed by atoms with E-state index in [1.165, 1.54) is 12.1 Å². The van der Waals surface area contributed by atoms with E-state index in [9.17, 15) is 22.8 Å². The van der Waals surface area contributed by atoms with Crippen LogP contribution in [0.4, 0.5) is 13.2 Å². The van der Waals surface area contributed by atoms with Gasteiger partial charge in [0.2, 0.25) is 5.91 Å². The quantitative estimate of drug-likeness (QED) is 0.747. The van der Waals surface area contributed by atoms with E-state index in [4.69, 9.17) is 5.73 Å². The first-order valence-electron chi connectivity index (χ1n) is 4.09. The van der Waals surface area contributed by atoms with E-state index < -0.39 is 18.1 Å². The second kappa shape index (κ2) is 4.21. The second-order valence-corrected chi connectivity index (χ2v) is 2.89. The number of nitrogens with one attached hydrogen (secondary N) is 1. The number of benzene rings is 1. The third kappa shape index (κ3) is 3.26. The van der Waals surface area contributed by atoms with E-state index in [-0.39, 0.29) is 11.1 Å². The lowest BCUT2D eigenvalue weighted by molar-refractivity contribution is -0.146. The van der Waals surface area contributed by atoms with Crippen molar-refractivity contribution in [2.75, 3.05) is 0 Å². The molecule has 3 N–H and O–H groups in total. The van der Waals surface area contributed by atoms with Crippen molar-refractivity contribution in [1.29, 1.82) is 0 Å². The first kappa shape index (κ1) is 12.0. The summed E-state index contributed by atoms with van der Waals surface area (Å²) in [4.78, 5) is 21.6. The standard InChI is InChI=1S/C9H7F3N2O2/c10-9(11,12)14-8(16)6-3-1-5(2-4-6)7(13)15/h1-4H,(H2,13,15)(H,14,16). The van der Waals surface area contributed by atoms with Gasteiger partial charge in [-0.05, 0) is 24.3 Å². The van der Waals surface area contributed by atoms with E-state index in [0.717, 1.165) is 17.4 Å². The number of hydrogen-bond donors (Lipinski definition) is 2. The number of alkyl halides is 3. The first-order chi connectivity index (χ1) is 7.29. The van der Waals surface area contributed by atoms with Crippen LogP contribution in [0, 0.1) is 0 Å². The summed E-state index contributed by atoms with van der Waals surface area (Å²) in [6, 6.07) is 4.52. The zero-order valence-electron chi connectivity index (χ0n) is 7.84. The van der Waals surface area contributed by atoms with Crippen LogP contribution < -0.4 is 11.1 Å². The molecule has 16 heavy (non-hydrogen) atoms. The number of carbonyl (C=O) groups excluding carboxylic acids is 2. The summed E-state index contributed by atoms with van der Waals surface area (Å²) >= 11 is 0. The Morgan fingerprint density at radius 3 is 1.88 bits per heavy atom. The summed E-state index contributed by atoms with van der Waals surface area (Å²) in [7, 11) is 0. The Bertz CT molecular complexity index is 412. The molecule has 4 nitrogen and oxygen atoms in total. The molecule has 0 aliphatic carbocycles. The Labute approximate surface area is 88.2 Å². The molecule has 7 heteroatoms. The van der Waals surface area contributed by atoms with Gasteiger partial charge in [0.25, 0.3) is 5.91 Å². The number of amides is 2. The largest absolute Gasteiger partial charge is 0.484 e. The second-order valence-electron chi connectivity index (χ2n) is 2.89. The summed E-state index contributed by atoms with van der Waals surface area (Å²) in [6.07, 6.45) is -4.78. The first-order valence-corrected chi connectivity index (χ1v) is 4.09. The average Bonchev–Trinajstić information content (AvgIpc) is 2.15. The Morgan fingerprint density at radius 1 is 1.06 bits per heavy atom. The molecule has 1 rings (SSSR count). The summed E-state index contributed by atoms with van der Waals surface area (Å²) in [5.74, 6) is -2.01. The Kier molecular flexibility index (Phi) is 3.17. The van der Waals surface area contributed by atoms with Gasteiger partial charge in [-0.25, -0.2) is 0 Å². The number of hydrogen-bond acceptors (Lipinski definition) is 2. The van der Waals surface area contributed by atoms with Crippen molar-refractivity contribution in [2.45, 2.75) is 6.30 Å². The Balaban J connectivity index is 2.82. The van der Waals surface area contributed by atoms with Gasteiger partial charge >= 0.3 is 6.30 Å². The van der Waals surface area contributed by atoms with Gasteiger partial charge < -0.3 is 5.73 Å². The van der Waals surface area contributed by atoms with Crippen molar-refractivity contribution < 1.29 is 22.8 Å². The lowest BCUT2D eigenvalue weighted by Crippen LogP contribution is -2.37. The molecule has 0 radical (unpaired) electrons. The molecule has 1 aromatic rings. The highest BCUT2D eigenvalue weighted by Crippen LogP contribution is 2.12. The molecule has 0 bridgehead atoms. The van der Waals surface area contributed by atoms with Crippen molar-refractivity contribution >= 4 is 11.8 Å². The summed E-state index contributed by atoms with van der Waals surface area (Å²) < 4.78 is 35.4. The summed E-state index contributed by atoms with van der Waals surface area (Å²) in [6.45, 7) is 0. The highest BCUT2D eigenvalue weighted by molar-refractivity contribution is 5.97. The van der Waals surface area contributed by atoms with Gasteiger partial charge in [-0.15, -0.1) is 0 Å². The molecule has 0 spiro atoms. The molecule has 86 valence electrons. The van der Waals surface area contributed by atoms with Crippen molar-refractivity contribution in [3.05, 3.63) is 35.4 Å². The molecular weight excluding hydrogens is 225 g/mol. The minimum atomic E-state index is -4.78. The van der Waals surface area contributed by atoms with Gasteiger partial charge in [0.1, 0.15) is 0 Å². The maximum Gasteiger partial charge on any atom is 0.484 e. The SMILES string of the molecule is NC(=O)c1ccc(C(=O)NC(F)(F)F)cc1. The third-order valence-corrected chi connectivity index (χ3v) is 1.69. The van der Waals surface area contributed by atoms with Crippen LogP contribution in [0.15, 0.2) is 24.3 Å². The lowest BCUT2D eigenvalue weighted by Gasteiger charge is -2.08. The van der Waals surface area contributed by atoms with Crippen molar-refractivity contribution in [2.24, 2.45) is 5.73 Å². The van der Waals surface area contributed by atoms with Crippen LogP contribution in [0.1, 0.15) is 20.7 Å². The number of halogens is 3. The summed E-state index contributed by atoms with van der Waals surface area (Å²) in [5, 5.41) is 0.829. The molecule has 0 fully saturated rings. The number of carbonyl (C=O) groups is 2. The highest BCUT2D eigenvalue weighted by Gasteiger charge is 2.30. The average molecular weight is 232 g/mol. The van der Waals surface area contributed by atoms with Gasteiger partial charge in [0.05, 0.1) is 0 Å². The van der Waals surface area contributed by atoms with E-state index in [1.807, 2.05) is 0 Å². The maximum absolute atomic E-state index is 11.8. The fraction of sp³-hybridized carbons (Fsp3) is 0.111. The van der Waals surface area contributed by atoms with E-state index in [2.05, 4.69) is 0 Å². The van der Waals surface area contributed by atoms with Crippen molar-refractivity contribution in [1.82, 2.24) is 5.32 Å². The molecule has 0 aliphatic heterocycles. The molecular formula is C9H7F3N2O2. The van der Waals surface area contributed by atoms with Crippen LogP contribution in [-0.2, 0) is 0 Å². The Hall–Kier alpha value is -2.05. The zero-order chi connectivity index (χ0) is 12.3. The third-order valence-electron chi connectivity index (χ3n) is 1.69. The van der Waals surface area contributed by atoms with E-state index in [1.54, 1.807) is 0 Å². The Morgan fingerprint density at radius 2 is 1.50 bits per heavy atom. The van der Waals surface area contributed by atoms with E-state index >= 15 is 0 Å². The molecule has 0 aliphatic rings. The molecule has 0 aromatic heterocycles. The fourth-order valence-electron chi connectivity index (χ4n) is 0.987. The van der Waals surface area contributed by atoms with Gasteiger partial charge in [0.15, 0.2) is 0 Å². The summed E-state index contributed by atoms with van der Waals surface area (Å²) in [5.41, 5.74) is 4.83. The number of nitrogens with two attached hydrogens (primary N) is 1. The van der Waals surface area contributed by atoms with Crippen LogP contribution in [-0.4, -0.2) is 18.1 Å². The maximum atomic E-state index is 11.8. The van der Waals surface area contributed by atoms with Crippen molar-refractivity contribution in [3.8, 4) is 0 Å². The number of rotatable bonds is 2. The predicted molar refractivity (Wildman–Crippen MR) is 48.5 cm³/mol. The van der Waals surface area contributed by atoms with Gasteiger partial charge in [0, 0.05) is 11.1 Å².